The van der Waals surface area contributed by atoms with Crippen molar-refractivity contribution in [3.8, 4) is 0 Å². The van der Waals surface area contributed by atoms with E-state index in [0.29, 0.717) is 12.7 Å². The Labute approximate surface area is 61.8 Å². The Morgan fingerprint density at radius 3 is 2.60 bits per heavy atom. The van der Waals surface area contributed by atoms with E-state index in [9.17, 15) is 0 Å². The molecular weight excluding hydrogens is 128 g/mol. The minimum atomic E-state index is 0.426. The molecule has 0 atom stereocenters. The zero-order valence-corrected chi connectivity index (χ0v) is 6.38. The third-order valence-corrected chi connectivity index (χ3v) is 1.61. The van der Waals surface area contributed by atoms with Crippen LogP contribution in [0.5, 0.6) is 0 Å². The molecule has 0 saturated heterocycles. The Balaban J connectivity index is 1.93. The fourth-order valence-electron chi connectivity index (χ4n) is 1.03. The van der Waals surface area contributed by atoms with Gasteiger partial charge in [0, 0.05) is 7.11 Å². The van der Waals surface area contributed by atoms with Crippen LogP contribution in [0.2, 0.25) is 0 Å². The Morgan fingerprint density at radius 1 is 1.30 bits per heavy atom. The van der Waals surface area contributed by atoms with E-state index in [1.165, 1.54) is 0 Å². The fourth-order valence-corrected chi connectivity index (χ4v) is 1.03. The van der Waals surface area contributed by atoms with Gasteiger partial charge in [0.25, 0.3) is 0 Å². The molecule has 58 valence electrons. The summed E-state index contributed by atoms with van der Waals surface area (Å²) in [5.41, 5.74) is 0. The first-order chi connectivity index (χ1) is 4.93. The summed E-state index contributed by atoms with van der Waals surface area (Å²) in [4.78, 5) is 0. The number of methoxy groups -OCH3 is 1. The van der Waals surface area contributed by atoms with Crippen molar-refractivity contribution in [2.45, 2.75) is 18.9 Å². The van der Waals surface area contributed by atoms with Crippen LogP contribution in [0.1, 0.15) is 12.8 Å². The van der Waals surface area contributed by atoms with E-state index in [2.05, 4.69) is 12.2 Å². The van der Waals surface area contributed by atoms with Gasteiger partial charge in [-0.15, -0.1) is 0 Å². The third kappa shape index (κ3) is 2.50. The second-order valence-electron chi connectivity index (χ2n) is 2.43. The normalized spacial score (nSPS) is 18.5. The van der Waals surface area contributed by atoms with E-state index in [1.54, 1.807) is 7.11 Å². The highest BCUT2D eigenvalue weighted by Gasteiger charge is 2.08. The van der Waals surface area contributed by atoms with Crippen LogP contribution >= 0.6 is 0 Å². The molecule has 0 heterocycles. The molecule has 1 aliphatic rings. The predicted octanol–water partition coefficient (Wildman–Crippen LogP) is 1.37. The number of hydrogen-bond acceptors (Lipinski definition) is 2. The van der Waals surface area contributed by atoms with Gasteiger partial charge in [0.2, 0.25) is 0 Å². The molecule has 10 heavy (non-hydrogen) atoms. The lowest BCUT2D eigenvalue weighted by atomic mass is 10.3. The maximum Gasteiger partial charge on any atom is 0.0704 e. The molecule has 0 saturated carbocycles. The first kappa shape index (κ1) is 7.76. The summed E-state index contributed by atoms with van der Waals surface area (Å²) in [6, 6.07) is 0. The standard InChI is InChI=1S/C8H14O2/c1-9-6-7-10-8-4-2-3-5-8/h2-3,8H,4-7H2,1H3. The molecule has 0 fully saturated rings. The lowest BCUT2D eigenvalue weighted by molar-refractivity contribution is 0.0238. The van der Waals surface area contributed by atoms with Crippen molar-refractivity contribution in [1.29, 1.82) is 0 Å². The molecule has 0 spiro atoms. The van der Waals surface area contributed by atoms with Gasteiger partial charge in [0.05, 0.1) is 19.3 Å². The van der Waals surface area contributed by atoms with E-state index in [-0.39, 0.29) is 0 Å². The van der Waals surface area contributed by atoms with Crippen LogP contribution in [-0.4, -0.2) is 26.4 Å². The summed E-state index contributed by atoms with van der Waals surface area (Å²) in [6.45, 7) is 1.43. The van der Waals surface area contributed by atoms with Gasteiger partial charge in [-0.2, -0.15) is 0 Å². The molecule has 0 bridgehead atoms. The Hall–Kier alpha value is -0.340. The summed E-state index contributed by atoms with van der Waals surface area (Å²) >= 11 is 0. The van der Waals surface area contributed by atoms with Gasteiger partial charge in [-0.25, -0.2) is 0 Å². The average molecular weight is 142 g/mol. The molecule has 0 aromatic heterocycles. The monoisotopic (exact) mass is 142 g/mol. The summed E-state index contributed by atoms with van der Waals surface area (Å²) in [5, 5.41) is 0. The van der Waals surface area contributed by atoms with Gasteiger partial charge in [-0.3, -0.25) is 0 Å². The van der Waals surface area contributed by atoms with E-state index in [1.807, 2.05) is 0 Å². The summed E-state index contributed by atoms with van der Waals surface area (Å²) in [5.74, 6) is 0. The highest BCUT2D eigenvalue weighted by atomic mass is 16.5. The maximum absolute atomic E-state index is 5.46. The van der Waals surface area contributed by atoms with Crippen LogP contribution in [-0.2, 0) is 9.47 Å². The van der Waals surface area contributed by atoms with Gasteiger partial charge in [0.15, 0.2) is 0 Å². The van der Waals surface area contributed by atoms with Crippen LogP contribution < -0.4 is 0 Å². The average Bonchev–Trinajstić information content (AvgIpc) is 2.41. The van der Waals surface area contributed by atoms with Crippen molar-refractivity contribution in [3.05, 3.63) is 12.2 Å². The third-order valence-electron chi connectivity index (χ3n) is 1.61. The van der Waals surface area contributed by atoms with Crippen LogP contribution in [0.3, 0.4) is 0 Å². The van der Waals surface area contributed by atoms with Gasteiger partial charge in [0.1, 0.15) is 0 Å². The summed E-state index contributed by atoms with van der Waals surface area (Å²) in [6.07, 6.45) is 6.90. The van der Waals surface area contributed by atoms with Crippen LogP contribution in [0.15, 0.2) is 12.2 Å². The summed E-state index contributed by atoms with van der Waals surface area (Å²) < 4.78 is 10.3. The van der Waals surface area contributed by atoms with Crippen molar-refractivity contribution in [3.63, 3.8) is 0 Å². The molecule has 1 rings (SSSR count). The first-order valence-electron chi connectivity index (χ1n) is 3.69. The fraction of sp³-hybridized carbons (Fsp3) is 0.750. The lowest BCUT2D eigenvalue weighted by Crippen LogP contribution is -2.11. The van der Waals surface area contributed by atoms with Gasteiger partial charge in [-0.1, -0.05) is 12.2 Å². The number of hydrogen-bond donors (Lipinski definition) is 0. The van der Waals surface area contributed by atoms with Crippen molar-refractivity contribution < 1.29 is 9.47 Å². The lowest BCUT2D eigenvalue weighted by Gasteiger charge is -2.09. The van der Waals surface area contributed by atoms with Crippen LogP contribution in [0.25, 0.3) is 0 Å². The topological polar surface area (TPSA) is 18.5 Å². The molecule has 0 amide bonds. The molecule has 1 aliphatic carbocycles. The molecule has 0 radical (unpaired) electrons. The second kappa shape index (κ2) is 4.47. The molecule has 0 aromatic rings. The number of ether oxygens (including phenoxy) is 2. The molecular formula is C8H14O2. The number of rotatable bonds is 4. The van der Waals surface area contributed by atoms with Crippen LogP contribution in [0.4, 0.5) is 0 Å². The van der Waals surface area contributed by atoms with Crippen molar-refractivity contribution >= 4 is 0 Å². The van der Waals surface area contributed by atoms with Crippen molar-refractivity contribution in [2.24, 2.45) is 0 Å². The van der Waals surface area contributed by atoms with Crippen molar-refractivity contribution in [1.82, 2.24) is 0 Å². The minimum absolute atomic E-state index is 0.426. The zero-order chi connectivity index (χ0) is 7.23. The SMILES string of the molecule is COCCOC1CC=CC1. The molecule has 2 nitrogen and oxygen atoms in total. The van der Waals surface area contributed by atoms with Gasteiger partial charge in [-0.05, 0) is 12.8 Å². The van der Waals surface area contributed by atoms with E-state index in [4.69, 9.17) is 9.47 Å². The molecule has 0 aromatic carbocycles. The minimum Gasteiger partial charge on any atom is -0.382 e. The van der Waals surface area contributed by atoms with Gasteiger partial charge >= 0.3 is 0 Å². The van der Waals surface area contributed by atoms with E-state index < -0.39 is 0 Å². The molecule has 0 aliphatic heterocycles. The molecule has 0 N–H and O–H groups in total. The second-order valence-corrected chi connectivity index (χ2v) is 2.43. The molecule has 2 heteroatoms. The Bertz CT molecular complexity index is 102. The van der Waals surface area contributed by atoms with Gasteiger partial charge < -0.3 is 9.47 Å². The van der Waals surface area contributed by atoms with Crippen molar-refractivity contribution in [2.75, 3.05) is 20.3 Å². The van der Waals surface area contributed by atoms with E-state index >= 15 is 0 Å². The smallest absolute Gasteiger partial charge is 0.0704 e. The quantitative estimate of drug-likeness (QED) is 0.436. The predicted molar refractivity (Wildman–Crippen MR) is 40.0 cm³/mol. The highest BCUT2D eigenvalue weighted by molar-refractivity contribution is 4.94. The van der Waals surface area contributed by atoms with Crippen LogP contribution in [0, 0.1) is 0 Å². The maximum atomic E-state index is 5.46. The summed E-state index contributed by atoms with van der Waals surface area (Å²) in [7, 11) is 1.69. The molecule has 0 unspecified atom stereocenters. The first-order valence-corrected chi connectivity index (χ1v) is 3.69. The van der Waals surface area contributed by atoms with E-state index in [0.717, 1.165) is 19.4 Å². The Kier molecular flexibility index (Phi) is 3.47. The largest absolute Gasteiger partial charge is 0.382 e. The zero-order valence-electron chi connectivity index (χ0n) is 6.38. The Morgan fingerprint density at radius 2 is 2.00 bits per heavy atom. The highest BCUT2D eigenvalue weighted by Crippen LogP contribution is 2.12.